The zero-order valence-corrected chi connectivity index (χ0v) is 20.9. The molecule has 0 radical (unpaired) electrons. The van der Waals surface area contributed by atoms with Crippen molar-refractivity contribution in [3.8, 4) is 11.8 Å². The molecule has 3 unspecified atom stereocenters. The Labute approximate surface area is 209 Å². The number of aliphatic imine (C=N–C) groups is 1. The van der Waals surface area contributed by atoms with Crippen LogP contribution in [0, 0.1) is 40.9 Å². The second-order valence-electron chi connectivity index (χ2n) is 11.0. The van der Waals surface area contributed by atoms with Gasteiger partial charge in [-0.15, -0.1) is 0 Å². The summed E-state index contributed by atoms with van der Waals surface area (Å²) >= 11 is 0. The van der Waals surface area contributed by atoms with Gasteiger partial charge in [-0.05, 0) is 80.9 Å². The fourth-order valence-electron chi connectivity index (χ4n) is 6.21. The van der Waals surface area contributed by atoms with E-state index in [2.05, 4.69) is 66.3 Å². The highest BCUT2D eigenvalue weighted by atomic mass is 16.5. The average Bonchev–Trinajstić information content (AvgIpc) is 3.17. The minimum atomic E-state index is -0.479. The third kappa shape index (κ3) is 5.32. The molecule has 4 heteroatoms. The molecule has 6 atom stereocenters. The van der Waals surface area contributed by atoms with Gasteiger partial charge >= 0.3 is 0 Å². The minimum Gasteiger partial charge on any atom is -0.493 e. The standard InChI is InChI=1S/C31H37NO3/c1-21(34)29-17-24(13-14-32-29)16-25-18-30(35-20-25)26-9-5-22(6-10-26)7-11-27-28-12-8-23(4-3-15-33)19-31(27,28)2/h4-6,9-10,13-14,18,21,24-25,27-28,33-34H,3,8,12,15-17,19-20H2,1-2H3/b23-4-/t21-,24?,25?,27?,28-,31+/m0/s1. The van der Waals surface area contributed by atoms with E-state index in [4.69, 9.17) is 9.84 Å². The summed E-state index contributed by atoms with van der Waals surface area (Å²) in [6, 6.07) is 8.45. The summed E-state index contributed by atoms with van der Waals surface area (Å²) in [6.45, 7) is 5.11. The Morgan fingerprint density at radius 1 is 1.26 bits per heavy atom. The van der Waals surface area contributed by atoms with Crippen LogP contribution in [-0.2, 0) is 4.74 Å². The van der Waals surface area contributed by atoms with Gasteiger partial charge in [0.25, 0.3) is 0 Å². The zero-order chi connectivity index (χ0) is 24.4. The van der Waals surface area contributed by atoms with Crippen LogP contribution in [0.2, 0.25) is 0 Å². The lowest BCUT2D eigenvalue weighted by molar-refractivity contribution is 0.249. The summed E-state index contributed by atoms with van der Waals surface area (Å²) in [4.78, 5) is 4.31. The van der Waals surface area contributed by atoms with Crippen LogP contribution in [0.3, 0.4) is 0 Å². The summed E-state index contributed by atoms with van der Waals surface area (Å²) in [7, 11) is 0. The molecule has 2 heterocycles. The number of nitrogens with zero attached hydrogens (tertiary/aromatic N) is 1. The van der Waals surface area contributed by atoms with Crippen molar-refractivity contribution in [1.29, 1.82) is 0 Å². The molecular formula is C31H37NO3. The van der Waals surface area contributed by atoms with Crippen LogP contribution in [0.4, 0.5) is 0 Å². The van der Waals surface area contributed by atoms with Crippen LogP contribution in [0.5, 0.6) is 0 Å². The van der Waals surface area contributed by atoms with Gasteiger partial charge in [-0.2, -0.15) is 0 Å². The maximum atomic E-state index is 9.83. The number of allylic oxidation sites excluding steroid dienone is 2. The summed E-state index contributed by atoms with van der Waals surface area (Å²) in [5, 5.41) is 18.9. The molecule has 0 amide bonds. The van der Waals surface area contributed by atoms with E-state index in [9.17, 15) is 5.11 Å². The predicted octanol–water partition coefficient (Wildman–Crippen LogP) is 5.52. The first-order valence-electron chi connectivity index (χ1n) is 13.1. The minimum absolute atomic E-state index is 0.240. The molecule has 1 aromatic carbocycles. The maximum Gasteiger partial charge on any atom is 0.122 e. The largest absolute Gasteiger partial charge is 0.493 e. The van der Waals surface area contributed by atoms with Crippen LogP contribution in [0.1, 0.15) is 63.5 Å². The van der Waals surface area contributed by atoms with Crippen molar-refractivity contribution in [1.82, 2.24) is 0 Å². The van der Waals surface area contributed by atoms with E-state index in [1.807, 2.05) is 6.20 Å². The van der Waals surface area contributed by atoms with Crippen molar-refractivity contribution < 1.29 is 14.9 Å². The van der Waals surface area contributed by atoms with Crippen molar-refractivity contribution in [3.63, 3.8) is 0 Å². The van der Waals surface area contributed by atoms with E-state index in [1.54, 1.807) is 6.92 Å². The van der Waals surface area contributed by atoms with Gasteiger partial charge in [0.2, 0.25) is 0 Å². The zero-order valence-electron chi connectivity index (χ0n) is 20.9. The van der Waals surface area contributed by atoms with Crippen molar-refractivity contribution in [2.24, 2.45) is 34.1 Å². The highest BCUT2D eigenvalue weighted by Crippen LogP contribution is 2.66. The molecule has 1 aromatic rings. The van der Waals surface area contributed by atoms with Gasteiger partial charge in [-0.25, -0.2) is 0 Å². The van der Waals surface area contributed by atoms with Gasteiger partial charge in [0.05, 0.1) is 12.7 Å². The van der Waals surface area contributed by atoms with Crippen LogP contribution in [-0.4, -0.2) is 35.2 Å². The number of benzene rings is 1. The Bertz CT molecular complexity index is 1110. The number of fused-ring (bicyclic) bond motifs is 1. The van der Waals surface area contributed by atoms with Gasteiger partial charge in [-0.1, -0.05) is 48.6 Å². The Morgan fingerprint density at radius 2 is 2.09 bits per heavy atom. The summed E-state index contributed by atoms with van der Waals surface area (Å²) < 4.78 is 6.03. The lowest BCUT2D eigenvalue weighted by Gasteiger charge is -2.20. The normalized spacial score (nSPS) is 33.2. The molecule has 0 spiro atoms. The van der Waals surface area contributed by atoms with Crippen molar-refractivity contribution >= 4 is 11.5 Å². The maximum absolute atomic E-state index is 9.83. The molecular weight excluding hydrogens is 434 g/mol. The third-order valence-electron chi connectivity index (χ3n) is 8.34. The highest BCUT2D eigenvalue weighted by Gasteiger charge is 2.61. The quantitative estimate of drug-likeness (QED) is 0.424. The lowest BCUT2D eigenvalue weighted by atomic mass is 9.85. The second kappa shape index (κ2) is 10.2. The number of aliphatic hydroxyl groups is 2. The van der Waals surface area contributed by atoms with Crippen LogP contribution >= 0.6 is 0 Å². The van der Waals surface area contributed by atoms with Crippen LogP contribution < -0.4 is 0 Å². The first kappa shape index (κ1) is 24.1. The monoisotopic (exact) mass is 471 g/mol. The summed E-state index contributed by atoms with van der Waals surface area (Å²) in [6.07, 6.45) is 14.1. The van der Waals surface area contributed by atoms with Crippen molar-refractivity contribution in [2.45, 2.75) is 58.5 Å². The molecule has 35 heavy (non-hydrogen) atoms. The third-order valence-corrected chi connectivity index (χ3v) is 8.34. The first-order chi connectivity index (χ1) is 17.0. The number of aliphatic hydroxyl groups excluding tert-OH is 2. The molecule has 0 aromatic heterocycles. The fourth-order valence-corrected chi connectivity index (χ4v) is 6.21. The Balaban J connectivity index is 1.17. The van der Waals surface area contributed by atoms with Crippen LogP contribution in [0.25, 0.3) is 5.76 Å². The summed E-state index contributed by atoms with van der Waals surface area (Å²) in [5.41, 5.74) is 4.86. The van der Waals surface area contributed by atoms with E-state index in [1.165, 1.54) is 12.0 Å². The van der Waals surface area contributed by atoms with Gasteiger partial charge in [0.1, 0.15) is 5.76 Å². The molecule has 184 valence electrons. The Kier molecular flexibility index (Phi) is 7.00. The van der Waals surface area contributed by atoms with Gasteiger partial charge in [-0.3, -0.25) is 4.99 Å². The highest BCUT2D eigenvalue weighted by molar-refractivity contribution is 5.89. The van der Waals surface area contributed by atoms with Crippen molar-refractivity contribution in [2.75, 3.05) is 13.2 Å². The fraction of sp³-hybridized carbons (Fsp3) is 0.516. The van der Waals surface area contributed by atoms with Gasteiger partial charge < -0.3 is 14.9 Å². The topological polar surface area (TPSA) is 62.1 Å². The molecule has 5 rings (SSSR count). The van der Waals surface area contributed by atoms with E-state index in [0.717, 1.165) is 60.6 Å². The van der Waals surface area contributed by atoms with Crippen molar-refractivity contribution in [3.05, 3.63) is 65.4 Å². The van der Waals surface area contributed by atoms with Crippen LogP contribution in [0.15, 0.2) is 59.3 Å². The smallest absolute Gasteiger partial charge is 0.122 e. The molecule has 2 fully saturated rings. The van der Waals surface area contributed by atoms with E-state index < -0.39 is 6.10 Å². The number of hydrogen-bond donors (Lipinski definition) is 2. The van der Waals surface area contributed by atoms with Gasteiger partial charge in [0, 0.05) is 41.5 Å². The van der Waals surface area contributed by atoms with Gasteiger partial charge in [0.15, 0.2) is 0 Å². The number of ether oxygens (including phenoxy) is 1. The molecule has 2 N–H and O–H groups in total. The molecule has 2 saturated carbocycles. The Morgan fingerprint density at radius 3 is 2.86 bits per heavy atom. The molecule has 4 nitrogen and oxygen atoms in total. The SMILES string of the molecule is C[C@H](O)C1=NC=CC(CC2C=C(c3ccc(C#CC4[C@@H]5CC/C(=C/CCO)C[C@]45C)cc3)OC2)C1. The number of hydrogen-bond acceptors (Lipinski definition) is 4. The molecule has 2 aliphatic carbocycles. The average molecular weight is 472 g/mol. The van der Waals surface area contributed by atoms with E-state index in [0.29, 0.717) is 29.8 Å². The predicted molar refractivity (Wildman–Crippen MR) is 140 cm³/mol. The lowest BCUT2D eigenvalue weighted by Crippen LogP contribution is -2.22. The molecule has 0 bridgehead atoms. The molecule has 0 saturated heterocycles. The molecule has 2 aliphatic heterocycles. The first-order valence-corrected chi connectivity index (χ1v) is 13.1. The summed E-state index contributed by atoms with van der Waals surface area (Å²) in [5.74, 6) is 9.95. The second-order valence-corrected chi connectivity index (χ2v) is 11.0. The number of rotatable bonds is 6. The Hall–Kier alpha value is -2.61. The molecule has 4 aliphatic rings. The van der Waals surface area contributed by atoms with E-state index in [-0.39, 0.29) is 6.61 Å². The van der Waals surface area contributed by atoms with E-state index >= 15 is 0 Å².